The number of hydrogen-bond acceptors (Lipinski definition) is 6. The zero-order valence-corrected chi connectivity index (χ0v) is 18.1. The Bertz CT molecular complexity index is 1040. The lowest BCUT2D eigenvalue weighted by Gasteiger charge is -2.11. The summed E-state index contributed by atoms with van der Waals surface area (Å²) in [6.45, 7) is 2.65. The van der Waals surface area contributed by atoms with Gasteiger partial charge in [0.2, 0.25) is 0 Å². The van der Waals surface area contributed by atoms with Crippen LogP contribution < -0.4 is 24.4 Å². The van der Waals surface area contributed by atoms with Gasteiger partial charge in [-0.25, -0.2) is 5.43 Å². The van der Waals surface area contributed by atoms with Crippen LogP contribution in [0.15, 0.2) is 77.9 Å². The second-order valence-electron chi connectivity index (χ2n) is 6.65. The number of para-hydroxylation sites is 2. The van der Waals surface area contributed by atoms with Crippen LogP contribution in [0.3, 0.4) is 0 Å². The van der Waals surface area contributed by atoms with E-state index in [2.05, 4.69) is 10.5 Å². The lowest BCUT2D eigenvalue weighted by atomic mass is 10.2. The van der Waals surface area contributed by atoms with Crippen LogP contribution >= 0.6 is 0 Å². The largest absolute Gasteiger partial charge is 0.493 e. The topological polar surface area (TPSA) is 78.4 Å². The maximum Gasteiger partial charge on any atom is 0.277 e. The summed E-state index contributed by atoms with van der Waals surface area (Å²) in [6.07, 6.45) is 1.52. The van der Waals surface area contributed by atoms with Crippen molar-refractivity contribution >= 4 is 12.1 Å². The summed E-state index contributed by atoms with van der Waals surface area (Å²) in [4.78, 5) is 12.0. The van der Waals surface area contributed by atoms with Gasteiger partial charge in [-0.15, -0.1) is 0 Å². The summed E-state index contributed by atoms with van der Waals surface area (Å²) < 4.78 is 22.3. The molecule has 3 aromatic rings. The Morgan fingerprint density at radius 1 is 0.875 bits per heavy atom. The average Bonchev–Trinajstić information content (AvgIpc) is 2.83. The molecule has 1 N–H and O–H groups in total. The van der Waals surface area contributed by atoms with Crippen LogP contribution in [-0.4, -0.2) is 32.4 Å². The fourth-order valence-electron chi connectivity index (χ4n) is 2.82. The van der Waals surface area contributed by atoms with Crippen molar-refractivity contribution in [3.63, 3.8) is 0 Å². The van der Waals surface area contributed by atoms with Crippen molar-refractivity contribution in [3.8, 4) is 23.0 Å². The number of carbonyl (C=O) groups excluding carboxylic acids is 1. The van der Waals surface area contributed by atoms with E-state index >= 15 is 0 Å². The zero-order valence-electron chi connectivity index (χ0n) is 18.1. The Morgan fingerprint density at radius 2 is 1.56 bits per heavy atom. The summed E-state index contributed by atoms with van der Waals surface area (Å²) in [5.74, 6) is 1.91. The number of hydrogen-bond donors (Lipinski definition) is 1. The smallest absolute Gasteiger partial charge is 0.277 e. The highest BCUT2D eigenvalue weighted by molar-refractivity contribution is 5.83. The third-order valence-corrected chi connectivity index (χ3v) is 4.34. The van der Waals surface area contributed by atoms with Gasteiger partial charge in [-0.05, 0) is 48.4 Å². The van der Waals surface area contributed by atoms with E-state index in [0.29, 0.717) is 36.2 Å². The van der Waals surface area contributed by atoms with Gasteiger partial charge >= 0.3 is 0 Å². The average molecular weight is 434 g/mol. The van der Waals surface area contributed by atoms with E-state index < -0.39 is 0 Å². The fourth-order valence-corrected chi connectivity index (χ4v) is 2.82. The zero-order chi connectivity index (χ0) is 22.6. The molecule has 0 radical (unpaired) electrons. The standard InChI is InChI=1S/C25H26N2O5/c1-3-30-21-11-7-8-12-22(21)32-18-25(28)27-26-16-20-13-14-23(24(15-20)29-2)31-17-19-9-5-4-6-10-19/h4-16H,3,17-18H2,1-2H3,(H,27,28)/b26-16+. The second-order valence-corrected chi connectivity index (χ2v) is 6.65. The van der Waals surface area contributed by atoms with Crippen LogP contribution in [0.5, 0.6) is 23.0 Å². The second kappa shape index (κ2) is 12.0. The molecule has 0 aliphatic rings. The molecule has 0 bridgehead atoms. The van der Waals surface area contributed by atoms with E-state index in [-0.39, 0.29) is 12.5 Å². The van der Waals surface area contributed by atoms with Crippen molar-refractivity contribution in [2.75, 3.05) is 20.3 Å². The molecular weight excluding hydrogens is 408 g/mol. The number of nitrogens with zero attached hydrogens (tertiary/aromatic N) is 1. The van der Waals surface area contributed by atoms with Gasteiger partial charge in [0.15, 0.2) is 29.6 Å². The van der Waals surface area contributed by atoms with Gasteiger partial charge in [0.1, 0.15) is 6.61 Å². The molecule has 0 aliphatic carbocycles. The van der Waals surface area contributed by atoms with Crippen molar-refractivity contribution < 1.29 is 23.7 Å². The first-order chi connectivity index (χ1) is 15.7. The summed E-state index contributed by atoms with van der Waals surface area (Å²) >= 11 is 0. The first kappa shape index (κ1) is 22.7. The third-order valence-electron chi connectivity index (χ3n) is 4.34. The molecule has 0 aromatic heterocycles. The highest BCUT2D eigenvalue weighted by atomic mass is 16.5. The molecule has 3 aromatic carbocycles. The minimum Gasteiger partial charge on any atom is -0.493 e. The minimum absolute atomic E-state index is 0.184. The number of amides is 1. The third kappa shape index (κ3) is 6.77. The van der Waals surface area contributed by atoms with E-state index in [1.54, 1.807) is 31.4 Å². The van der Waals surface area contributed by atoms with Crippen molar-refractivity contribution in [2.45, 2.75) is 13.5 Å². The number of hydrazone groups is 1. The monoisotopic (exact) mass is 434 g/mol. The maximum absolute atomic E-state index is 12.0. The lowest BCUT2D eigenvalue weighted by molar-refractivity contribution is -0.123. The minimum atomic E-state index is -0.387. The molecule has 0 heterocycles. The number of rotatable bonds is 11. The first-order valence-electron chi connectivity index (χ1n) is 10.2. The van der Waals surface area contributed by atoms with E-state index in [9.17, 15) is 4.79 Å². The molecule has 7 heteroatoms. The van der Waals surface area contributed by atoms with E-state index in [4.69, 9.17) is 18.9 Å². The molecule has 0 atom stereocenters. The van der Waals surface area contributed by atoms with Crippen molar-refractivity contribution in [1.29, 1.82) is 0 Å². The molecule has 0 fully saturated rings. The van der Waals surface area contributed by atoms with E-state index in [0.717, 1.165) is 11.1 Å². The normalized spacial score (nSPS) is 10.6. The van der Waals surface area contributed by atoms with E-state index in [1.165, 1.54) is 6.21 Å². The van der Waals surface area contributed by atoms with E-state index in [1.807, 2.05) is 55.5 Å². The Hall–Kier alpha value is -4.00. The molecule has 32 heavy (non-hydrogen) atoms. The number of ether oxygens (including phenoxy) is 4. The highest BCUT2D eigenvalue weighted by Crippen LogP contribution is 2.28. The van der Waals surface area contributed by atoms with Crippen LogP contribution in [0.1, 0.15) is 18.1 Å². The molecule has 3 rings (SSSR count). The van der Waals surface area contributed by atoms with Crippen molar-refractivity contribution in [1.82, 2.24) is 5.43 Å². The highest BCUT2D eigenvalue weighted by Gasteiger charge is 2.08. The lowest BCUT2D eigenvalue weighted by Crippen LogP contribution is -2.24. The molecule has 1 amide bonds. The van der Waals surface area contributed by atoms with Crippen LogP contribution in [0.4, 0.5) is 0 Å². The Kier molecular flexibility index (Phi) is 8.50. The summed E-state index contributed by atoms with van der Waals surface area (Å²) in [7, 11) is 1.57. The molecule has 0 spiro atoms. The summed E-state index contributed by atoms with van der Waals surface area (Å²) in [6, 6.07) is 22.5. The van der Waals surface area contributed by atoms with Crippen molar-refractivity contribution in [2.24, 2.45) is 5.10 Å². The summed E-state index contributed by atoms with van der Waals surface area (Å²) in [5, 5.41) is 3.98. The molecule has 166 valence electrons. The molecular formula is C25H26N2O5. The predicted molar refractivity (Wildman–Crippen MR) is 123 cm³/mol. The quantitative estimate of drug-likeness (QED) is 0.361. The fraction of sp³-hybridized carbons (Fsp3) is 0.200. The first-order valence-corrected chi connectivity index (χ1v) is 10.2. The van der Waals surface area contributed by atoms with Gasteiger partial charge in [-0.1, -0.05) is 42.5 Å². The van der Waals surface area contributed by atoms with Gasteiger partial charge in [0, 0.05) is 0 Å². The number of nitrogens with one attached hydrogen (secondary N) is 1. The molecule has 0 saturated heterocycles. The van der Waals surface area contributed by atoms with Gasteiger partial charge in [0.05, 0.1) is 19.9 Å². The van der Waals surface area contributed by atoms with Gasteiger partial charge in [0.25, 0.3) is 5.91 Å². The number of carbonyl (C=O) groups is 1. The van der Waals surface area contributed by atoms with Gasteiger partial charge < -0.3 is 18.9 Å². The Labute approximate surface area is 187 Å². The van der Waals surface area contributed by atoms with Gasteiger partial charge in [-0.3, -0.25) is 4.79 Å². The Morgan fingerprint density at radius 3 is 2.28 bits per heavy atom. The van der Waals surface area contributed by atoms with Gasteiger partial charge in [-0.2, -0.15) is 5.10 Å². The predicted octanol–water partition coefficient (Wildman–Crippen LogP) is 4.20. The molecule has 0 unspecified atom stereocenters. The van der Waals surface area contributed by atoms with Crippen LogP contribution in [0.25, 0.3) is 0 Å². The molecule has 0 aliphatic heterocycles. The maximum atomic E-state index is 12.0. The SMILES string of the molecule is CCOc1ccccc1OCC(=O)N/N=C/c1ccc(OCc2ccccc2)c(OC)c1. The molecule has 0 saturated carbocycles. The van der Waals surface area contributed by atoms with Crippen LogP contribution in [-0.2, 0) is 11.4 Å². The number of methoxy groups -OCH3 is 1. The Balaban J connectivity index is 1.51. The van der Waals surface area contributed by atoms with Crippen molar-refractivity contribution in [3.05, 3.63) is 83.9 Å². The van der Waals surface area contributed by atoms with Crippen LogP contribution in [0.2, 0.25) is 0 Å². The van der Waals surface area contributed by atoms with Crippen LogP contribution in [0, 0.1) is 0 Å². The summed E-state index contributed by atoms with van der Waals surface area (Å²) in [5.41, 5.74) is 4.26. The number of benzene rings is 3. The molecule has 7 nitrogen and oxygen atoms in total.